The Morgan fingerprint density at radius 1 is 1.50 bits per heavy atom. The predicted octanol–water partition coefficient (Wildman–Crippen LogP) is 4.06. The molecule has 0 aliphatic rings. The van der Waals surface area contributed by atoms with E-state index in [4.69, 9.17) is 22.7 Å². The number of halogens is 2. The van der Waals surface area contributed by atoms with Gasteiger partial charge in [-0.25, -0.2) is 4.39 Å². The number of hydrogen-bond donors (Lipinski definition) is 1. The van der Waals surface area contributed by atoms with Crippen LogP contribution in [0.15, 0.2) is 22.7 Å². The van der Waals surface area contributed by atoms with E-state index >= 15 is 0 Å². The predicted molar refractivity (Wildman–Crippen MR) is 79.4 cm³/mol. The second-order valence-electron chi connectivity index (χ2n) is 4.78. The molecular weight excluding hydrogens is 317 g/mol. The van der Waals surface area contributed by atoms with Gasteiger partial charge in [-0.2, -0.15) is 0 Å². The zero-order valence-electron chi connectivity index (χ0n) is 10.5. The summed E-state index contributed by atoms with van der Waals surface area (Å²) in [5, 5.41) is 0. The minimum atomic E-state index is -0.323. The molecule has 0 aromatic heterocycles. The van der Waals surface area contributed by atoms with Crippen molar-refractivity contribution in [2.75, 3.05) is 6.61 Å². The molecule has 0 atom stereocenters. The van der Waals surface area contributed by atoms with Crippen LogP contribution in [0, 0.1) is 11.2 Å². The number of ether oxygens (including phenoxy) is 1. The first-order valence-electron chi connectivity index (χ1n) is 5.71. The Kier molecular flexibility index (Phi) is 5.53. The summed E-state index contributed by atoms with van der Waals surface area (Å²) in [4.78, 5) is 0.511. The molecule has 2 N–H and O–H groups in total. The Labute approximate surface area is 121 Å². The number of thiocarbonyl (C=S) groups is 1. The van der Waals surface area contributed by atoms with Crippen LogP contribution in [0.25, 0.3) is 0 Å². The van der Waals surface area contributed by atoms with Gasteiger partial charge >= 0.3 is 0 Å². The smallest absolute Gasteiger partial charge is 0.141 e. The van der Waals surface area contributed by atoms with Crippen molar-refractivity contribution in [3.8, 4) is 5.75 Å². The quantitative estimate of drug-likeness (QED) is 0.629. The van der Waals surface area contributed by atoms with E-state index in [0.717, 1.165) is 12.8 Å². The van der Waals surface area contributed by atoms with Crippen molar-refractivity contribution >= 4 is 33.1 Å². The normalized spacial score (nSPS) is 11.3. The summed E-state index contributed by atoms with van der Waals surface area (Å²) in [5.41, 5.74) is 5.47. The highest BCUT2D eigenvalue weighted by Gasteiger charge is 2.20. The lowest BCUT2D eigenvalue weighted by atomic mass is 9.88. The molecule has 0 amide bonds. The highest BCUT2D eigenvalue weighted by molar-refractivity contribution is 9.10. The molecule has 18 heavy (non-hydrogen) atoms. The molecule has 0 saturated carbocycles. The first kappa shape index (κ1) is 15.4. The Morgan fingerprint density at radius 2 is 2.17 bits per heavy atom. The van der Waals surface area contributed by atoms with E-state index in [2.05, 4.69) is 15.9 Å². The Hall–Kier alpha value is -0.680. The van der Waals surface area contributed by atoms with Crippen molar-refractivity contribution in [3.63, 3.8) is 0 Å². The lowest BCUT2D eigenvalue weighted by Crippen LogP contribution is -2.30. The van der Waals surface area contributed by atoms with Crippen LogP contribution in [0.4, 0.5) is 4.39 Å². The topological polar surface area (TPSA) is 35.2 Å². The van der Waals surface area contributed by atoms with Crippen LogP contribution in [-0.4, -0.2) is 11.6 Å². The molecule has 0 unspecified atom stereocenters. The van der Waals surface area contributed by atoms with Gasteiger partial charge in [0.1, 0.15) is 11.6 Å². The van der Waals surface area contributed by atoms with E-state index in [1.54, 1.807) is 12.1 Å². The highest BCUT2D eigenvalue weighted by Crippen LogP contribution is 2.24. The minimum Gasteiger partial charge on any atom is -0.493 e. The minimum absolute atomic E-state index is 0.163. The van der Waals surface area contributed by atoms with Crippen LogP contribution < -0.4 is 10.5 Å². The third-order valence-corrected chi connectivity index (χ3v) is 3.97. The molecular formula is C13H17BrFNOS. The molecule has 100 valence electrons. The first-order chi connectivity index (χ1) is 8.33. The SMILES string of the molecule is CC(C)(CCCOc1ccc(Br)c(F)c1)C(N)=S. The lowest BCUT2D eigenvalue weighted by Gasteiger charge is -2.22. The van der Waals surface area contributed by atoms with Crippen LogP contribution in [0.3, 0.4) is 0 Å². The van der Waals surface area contributed by atoms with Crippen LogP contribution in [0.2, 0.25) is 0 Å². The van der Waals surface area contributed by atoms with Gasteiger partial charge in [0, 0.05) is 11.5 Å². The van der Waals surface area contributed by atoms with Crippen LogP contribution in [0.1, 0.15) is 26.7 Å². The van der Waals surface area contributed by atoms with Gasteiger partial charge < -0.3 is 10.5 Å². The molecule has 0 spiro atoms. The molecule has 0 saturated heterocycles. The number of nitrogens with two attached hydrogens (primary N) is 1. The van der Waals surface area contributed by atoms with Crippen molar-refractivity contribution in [2.24, 2.45) is 11.1 Å². The van der Waals surface area contributed by atoms with Gasteiger partial charge in [-0.1, -0.05) is 26.1 Å². The summed E-state index contributed by atoms with van der Waals surface area (Å²) in [7, 11) is 0. The zero-order chi connectivity index (χ0) is 13.8. The summed E-state index contributed by atoms with van der Waals surface area (Å²) in [6.07, 6.45) is 1.67. The summed E-state index contributed by atoms with van der Waals surface area (Å²) in [6.45, 7) is 4.54. The fourth-order valence-corrected chi connectivity index (χ4v) is 1.74. The van der Waals surface area contributed by atoms with Gasteiger partial charge in [0.15, 0.2) is 0 Å². The monoisotopic (exact) mass is 333 g/mol. The Balaban J connectivity index is 2.38. The maximum atomic E-state index is 13.2. The Morgan fingerprint density at radius 3 is 2.72 bits per heavy atom. The zero-order valence-corrected chi connectivity index (χ0v) is 12.9. The van der Waals surface area contributed by atoms with E-state index in [9.17, 15) is 4.39 Å². The van der Waals surface area contributed by atoms with Gasteiger partial charge in [-0.05, 0) is 40.9 Å². The van der Waals surface area contributed by atoms with Crippen molar-refractivity contribution in [2.45, 2.75) is 26.7 Å². The molecule has 0 bridgehead atoms. The molecule has 5 heteroatoms. The van der Waals surface area contributed by atoms with Crippen LogP contribution >= 0.6 is 28.1 Å². The van der Waals surface area contributed by atoms with E-state index in [1.807, 2.05) is 13.8 Å². The van der Waals surface area contributed by atoms with Crippen molar-refractivity contribution in [1.82, 2.24) is 0 Å². The van der Waals surface area contributed by atoms with Crippen molar-refractivity contribution in [1.29, 1.82) is 0 Å². The largest absolute Gasteiger partial charge is 0.493 e. The molecule has 0 radical (unpaired) electrons. The maximum Gasteiger partial charge on any atom is 0.141 e. The average molecular weight is 334 g/mol. The molecule has 1 aromatic rings. The standard InChI is InChI=1S/C13H17BrFNOS/c1-13(2,12(16)18)6-3-7-17-9-4-5-10(14)11(15)8-9/h4-5,8H,3,6-7H2,1-2H3,(H2,16,18). The molecule has 1 rings (SSSR count). The first-order valence-corrected chi connectivity index (χ1v) is 6.91. The summed E-state index contributed by atoms with van der Waals surface area (Å²) in [6, 6.07) is 4.72. The van der Waals surface area contributed by atoms with Crippen molar-refractivity contribution in [3.05, 3.63) is 28.5 Å². The van der Waals surface area contributed by atoms with Gasteiger partial charge in [-0.3, -0.25) is 0 Å². The third kappa shape index (κ3) is 4.53. The van der Waals surface area contributed by atoms with Gasteiger partial charge in [0.05, 0.1) is 16.1 Å². The molecule has 0 aliphatic heterocycles. The third-order valence-electron chi connectivity index (χ3n) is 2.77. The van der Waals surface area contributed by atoms with Crippen LogP contribution in [-0.2, 0) is 0 Å². The maximum absolute atomic E-state index is 13.2. The van der Waals surface area contributed by atoms with Gasteiger partial charge in [-0.15, -0.1) is 0 Å². The van der Waals surface area contributed by atoms with Gasteiger partial charge in [0.2, 0.25) is 0 Å². The van der Waals surface area contributed by atoms with Crippen LogP contribution in [0.5, 0.6) is 5.75 Å². The van der Waals surface area contributed by atoms with E-state index in [-0.39, 0.29) is 11.2 Å². The fraction of sp³-hybridized carbons (Fsp3) is 0.462. The molecule has 0 aliphatic carbocycles. The molecule has 0 heterocycles. The Bertz CT molecular complexity index is 437. The summed E-state index contributed by atoms with van der Waals surface area (Å²) >= 11 is 8.08. The summed E-state index contributed by atoms with van der Waals surface area (Å²) in [5.74, 6) is 0.208. The number of hydrogen-bond acceptors (Lipinski definition) is 2. The molecule has 1 aromatic carbocycles. The number of benzene rings is 1. The molecule has 2 nitrogen and oxygen atoms in total. The molecule has 0 fully saturated rings. The number of rotatable bonds is 6. The second-order valence-corrected chi connectivity index (χ2v) is 6.07. The van der Waals surface area contributed by atoms with E-state index in [0.29, 0.717) is 21.8 Å². The van der Waals surface area contributed by atoms with E-state index in [1.165, 1.54) is 6.07 Å². The highest BCUT2D eigenvalue weighted by atomic mass is 79.9. The van der Waals surface area contributed by atoms with Crippen molar-refractivity contribution < 1.29 is 9.13 Å². The fourth-order valence-electron chi connectivity index (χ4n) is 1.39. The summed E-state index contributed by atoms with van der Waals surface area (Å²) < 4.78 is 19.1. The van der Waals surface area contributed by atoms with Gasteiger partial charge in [0.25, 0.3) is 0 Å². The average Bonchev–Trinajstić information content (AvgIpc) is 2.29. The lowest BCUT2D eigenvalue weighted by molar-refractivity contribution is 0.286. The van der Waals surface area contributed by atoms with E-state index < -0.39 is 0 Å². The second kappa shape index (κ2) is 6.48.